The minimum atomic E-state index is -0.218. The van der Waals surface area contributed by atoms with Gasteiger partial charge in [0.15, 0.2) is 5.13 Å². The summed E-state index contributed by atoms with van der Waals surface area (Å²) >= 11 is 1.37. The van der Waals surface area contributed by atoms with E-state index >= 15 is 0 Å². The SMILES string of the molecule is O=C(Nc1nccs1)c1ccc(NC(=O)[C@@H]2C[C@H]3CC[C@@H]2O3)cc1. The average molecular weight is 343 g/mol. The van der Waals surface area contributed by atoms with Gasteiger partial charge in [0.25, 0.3) is 5.91 Å². The number of fused-ring (bicyclic) bond motifs is 2. The van der Waals surface area contributed by atoms with E-state index in [0.717, 1.165) is 19.3 Å². The van der Waals surface area contributed by atoms with Crippen LogP contribution >= 0.6 is 11.3 Å². The number of thiazole rings is 1. The molecular formula is C17H17N3O3S. The Kier molecular flexibility index (Phi) is 4.03. The van der Waals surface area contributed by atoms with Gasteiger partial charge >= 0.3 is 0 Å². The molecule has 1 aromatic carbocycles. The van der Waals surface area contributed by atoms with Crippen molar-refractivity contribution in [2.24, 2.45) is 5.92 Å². The molecule has 124 valence electrons. The van der Waals surface area contributed by atoms with Crippen LogP contribution in [0.1, 0.15) is 29.6 Å². The largest absolute Gasteiger partial charge is 0.374 e. The normalized spacial score (nSPS) is 24.8. The summed E-state index contributed by atoms with van der Waals surface area (Å²) in [6.07, 6.45) is 4.81. The first-order chi connectivity index (χ1) is 11.7. The predicted octanol–water partition coefficient (Wildman–Crippen LogP) is 2.90. The third-order valence-electron chi connectivity index (χ3n) is 4.51. The summed E-state index contributed by atoms with van der Waals surface area (Å²) in [5, 5.41) is 8.01. The van der Waals surface area contributed by atoms with Crippen LogP contribution < -0.4 is 10.6 Å². The van der Waals surface area contributed by atoms with Gasteiger partial charge in [-0.2, -0.15) is 0 Å². The Labute approximate surface area is 143 Å². The number of hydrogen-bond acceptors (Lipinski definition) is 5. The van der Waals surface area contributed by atoms with Gasteiger partial charge in [-0.3, -0.25) is 14.9 Å². The lowest BCUT2D eigenvalue weighted by atomic mass is 9.88. The Morgan fingerprint density at radius 1 is 1.17 bits per heavy atom. The number of carbonyl (C=O) groups is 2. The third-order valence-corrected chi connectivity index (χ3v) is 5.20. The van der Waals surface area contributed by atoms with Gasteiger partial charge in [0.05, 0.1) is 18.1 Å². The lowest BCUT2D eigenvalue weighted by Crippen LogP contribution is -2.30. The fraction of sp³-hybridized carbons (Fsp3) is 0.353. The number of ether oxygens (including phenoxy) is 1. The maximum atomic E-state index is 12.4. The van der Waals surface area contributed by atoms with Crippen LogP contribution in [0.15, 0.2) is 35.8 Å². The molecule has 2 aliphatic rings. The molecule has 2 amide bonds. The maximum Gasteiger partial charge on any atom is 0.257 e. The summed E-state index contributed by atoms with van der Waals surface area (Å²) in [6.45, 7) is 0. The predicted molar refractivity (Wildman–Crippen MR) is 91.1 cm³/mol. The number of nitrogens with one attached hydrogen (secondary N) is 2. The van der Waals surface area contributed by atoms with Crippen molar-refractivity contribution in [3.05, 3.63) is 41.4 Å². The highest BCUT2D eigenvalue weighted by Crippen LogP contribution is 2.39. The van der Waals surface area contributed by atoms with E-state index < -0.39 is 0 Å². The summed E-state index contributed by atoms with van der Waals surface area (Å²) in [5.41, 5.74) is 1.21. The van der Waals surface area contributed by atoms with Crippen molar-refractivity contribution < 1.29 is 14.3 Å². The summed E-state index contributed by atoms with van der Waals surface area (Å²) in [4.78, 5) is 28.5. The Morgan fingerprint density at radius 3 is 2.62 bits per heavy atom. The number of benzene rings is 1. The molecule has 2 aliphatic heterocycles. The third kappa shape index (κ3) is 3.05. The van der Waals surface area contributed by atoms with Gasteiger partial charge in [0.1, 0.15) is 0 Å². The molecular weight excluding hydrogens is 326 g/mol. The number of anilines is 2. The highest BCUT2D eigenvalue weighted by atomic mass is 32.1. The standard InChI is InChI=1S/C17H17N3O3S/c21-15(20-17-18-7-8-24-17)10-1-3-11(4-2-10)19-16(22)13-9-12-5-6-14(13)23-12/h1-4,7-8,12-14H,5-6,9H2,(H,19,22)(H,18,20,21)/t12-,13-,14+/m1/s1. The molecule has 7 heteroatoms. The molecule has 3 atom stereocenters. The van der Waals surface area contributed by atoms with E-state index in [1.807, 2.05) is 0 Å². The van der Waals surface area contributed by atoms with Gasteiger partial charge in [-0.25, -0.2) is 4.98 Å². The molecule has 2 bridgehead atoms. The fourth-order valence-electron chi connectivity index (χ4n) is 3.31. The molecule has 0 saturated carbocycles. The Bertz CT molecular complexity index is 745. The van der Waals surface area contributed by atoms with Gasteiger partial charge in [-0.15, -0.1) is 11.3 Å². The summed E-state index contributed by atoms with van der Waals surface area (Å²) < 4.78 is 5.73. The maximum absolute atomic E-state index is 12.4. The average Bonchev–Trinajstić information content (AvgIpc) is 3.33. The van der Waals surface area contributed by atoms with Gasteiger partial charge in [0.2, 0.25) is 5.91 Å². The topological polar surface area (TPSA) is 80.3 Å². The van der Waals surface area contributed by atoms with Crippen molar-refractivity contribution in [1.29, 1.82) is 0 Å². The second-order valence-corrected chi connectivity index (χ2v) is 6.97. The van der Waals surface area contributed by atoms with E-state index in [0.29, 0.717) is 16.4 Å². The summed E-state index contributed by atoms with van der Waals surface area (Å²) in [6, 6.07) is 6.86. The van der Waals surface area contributed by atoms with Crippen molar-refractivity contribution in [3.63, 3.8) is 0 Å². The minimum absolute atomic E-state index is 0.00203. The van der Waals surface area contributed by atoms with Gasteiger partial charge in [0, 0.05) is 22.8 Å². The van der Waals surface area contributed by atoms with Crippen molar-refractivity contribution in [2.45, 2.75) is 31.5 Å². The lowest BCUT2D eigenvalue weighted by molar-refractivity contribution is -0.121. The number of hydrogen-bond donors (Lipinski definition) is 2. The van der Waals surface area contributed by atoms with Crippen LogP contribution in [0, 0.1) is 5.92 Å². The second-order valence-electron chi connectivity index (χ2n) is 6.07. The molecule has 2 saturated heterocycles. The number of nitrogens with zero attached hydrogens (tertiary/aromatic N) is 1. The summed E-state index contributed by atoms with van der Waals surface area (Å²) in [5.74, 6) is -0.275. The van der Waals surface area contributed by atoms with Crippen LogP contribution in [-0.4, -0.2) is 29.0 Å². The van der Waals surface area contributed by atoms with Crippen molar-refractivity contribution in [2.75, 3.05) is 10.6 Å². The number of amides is 2. The minimum Gasteiger partial charge on any atom is -0.374 e. The first-order valence-electron chi connectivity index (χ1n) is 7.96. The van der Waals surface area contributed by atoms with E-state index in [1.165, 1.54) is 11.3 Å². The molecule has 0 radical (unpaired) electrons. The van der Waals surface area contributed by atoms with Crippen LogP contribution in [0.4, 0.5) is 10.8 Å². The van der Waals surface area contributed by atoms with Crippen LogP contribution in [0.2, 0.25) is 0 Å². The van der Waals surface area contributed by atoms with E-state index in [2.05, 4.69) is 15.6 Å². The zero-order chi connectivity index (χ0) is 16.5. The fourth-order valence-corrected chi connectivity index (χ4v) is 3.83. The second kappa shape index (κ2) is 6.33. The van der Waals surface area contributed by atoms with Gasteiger partial charge in [-0.05, 0) is 43.5 Å². The summed E-state index contributed by atoms with van der Waals surface area (Å²) in [7, 11) is 0. The molecule has 4 rings (SSSR count). The van der Waals surface area contributed by atoms with Crippen LogP contribution in [-0.2, 0) is 9.53 Å². The quantitative estimate of drug-likeness (QED) is 0.894. The zero-order valence-corrected chi connectivity index (χ0v) is 13.7. The van der Waals surface area contributed by atoms with Gasteiger partial charge in [-0.1, -0.05) is 0 Å². The smallest absolute Gasteiger partial charge is 0.257 e. The van der Waals surface area contributed by atoms with Gasteiger partial charge < -0.3 is 10.1 Å². The molecule has 24 heavy (non-hydrogen) atoms. The first kappa shape index (κ1) is 15.3. The van der Waals surface area contributed by atoms with Crippen LogP contribution in [0.5, 0.6) is 0 Å². The molecule has 0 spiro atoms. The highest BCUT2D eigenvalue weighted by Gasteiger charge is 2.44. The Morgan fingerprint density at radius 2 is 2.00 bits per heavy atom. The van der Waals surface area contributed by atoms with Crippen molar-refractivity contribution in [1.82, 2.24) is 4.98 Å². The number of carbonyl (C=O) groups excluding carboxylic acids is 2. The Balaban J connectivity index is 1.37. The molecule has 0 unspecified atom stereocenters. The lowest BCUT2D eigenvalue weighted by Gasteiger charge is -2.18. The first-order valence-corrected chi connectivity index (χ1v) is 8.84. The molecule has 3 heterocycles. The molecule has 1 aromatic heterocycles. The zero-order valence-electron chi connectivity index (χ0n) is 12.9. The molecule has 2 N–H and O–H groups in total. The van der Waals surface area contributed by atoms with E-state index in [-0.39, 0.29) is 29.9 Å². The van der Waals surface area contributed by atoms with Crippen LogP contribution in [0.3, 0.4) is 0 Å². The molecule has 2 fully saturated rings. The van der Waals surface area contributed by atoms with Crippen molar-refractivity contribution in [3.8, 4) is 0 Å². The molecule has 2 aromatic rings. The highest BCUT2D eigenvalue weighted by molar-refractivity contribution is 7.13. The Hall–Kier alpha value is -2.25. The van der Waals surface area contributed by atoms with E-state index in [1.54, 1.807) is 35.8 Å². The van der Waals surface area contributed by atoms with E-state index in [9.17, 15) is 9.59 Å². The van der Waals surface area contributed by atoms with Crippen LogP contribution in [0.25, 0.3) is 0 Å². The number of rotatable bonds is 4. The number of aromatic nitrogens is 1. The molecule has 0 aliphatic carbocycles. The van der Waals surface area contributed by atoms with Crippen molar-refractivity contribution >= 4 is 34.0 Å². The van der Waals surface area contributed by atoms with E-state index in [4.69, 9.17) is 4.74 Å². The molecule has 6 nitrogen and oxygen atoms in total. The monoisotopic (exact) mass is 343 g/mol.